The molecule has 0 aliphatic heterocycles. The second kappa shape index (κ2) is 2.95. The third kappa shape index (κ3) is 1.31. The van der Waals surface area contributed by atoms with E-state index in [1.54, 1.807) is 6.07 Å². The number of aromatic hydroxyl groups is 1. The van der Waals surface area contributed by atoms with E-state index in [-0.39, 0.29) is 10.8 Å². The summed E-state index contributed by atoms with van der Waals surface area (Å²) in [5.74, 6) is 0.101. The topological polar surface area (TPSA) is 63.4 Å². The van der Waals surface area contributed by atoms with Crippen LogP contribution in [0.2, 0.25) is 0 Å². The third-order valence-electron chi connectivity index (χ3n) is 1.93. The fraction of sp³-hybridized carbons (Fsp3) is 0.111. The lowest BCUT2D eigenvalue weighted by Gasteiger charge is -1.95. The third-order valence-corrected chi connectivity index (χ3v) is 2.96. The molecule has 0 unspecified atom stereocenters. The van der Waals surface area contributed by atoms with Crippen molar-refractivity contribution in [2.75, 3.05) is 0 Å². The van der Waals surface area contributed by atoms with Gasteiger partial charge in [-0.3, -0.25) is 10.1 Å². The summed E-state index contributed by atoms with van der Waals surface area (Å²) in [6.45, 7) is 1.84. The summed E-state index contributed by atoms with van der Waals surface area (Å²) in [5.41, 5.74) is 0.895. The Morgan fingerprint density at radius 1 is 1.43 bits per heavy atom. The summed E-state index contributed by atoms with van der Waals surface area (Å²) in [5, 5.41) is 20.6. The maximum Gasteiger partial charge on any atom is 0.325 e. The number of thiophene rings is 1. The van der Waals surface area contributed by atoms with Crippen LogP contribution in [0.3, 0.4) is 0 Å². The second-order valence-corrected chi connectivity index (χ2v) is 4.10. The molecule has 0 amide bonds. The summed E-state index contributed by atoms with van der Waals surface area (Å²) in [6, 6.07) is 4.82. The zero-order valence-electron chi connectivity index (χ0n) is 7.35. The first-order valence-electron chi connectivity index (χ1n) is 3.95. The molecule has 14 heavy (non-hydrogen) atoms. The van der Waals surface area contributed by atoms with Crippen LogP contribution in [0.1, 0.15) is 5.56 Å². The quantitative estimate of drug-likeness (QED) is 0.580. The highest BCUT2D eigenvalue weighted by atomic mass is 32.1. The van der Waals surface area contributed by atoms with E-state index in [4.69, 9.17) is 0 Å². The Bertz CT molecular complexity index is 518. The molecule has 1 N–H and O–H groups in total. The molecule has 0 fully saturated rings. The van der Waals surface area contributed by atoms with Crippen LogP contribution in [0, 0.1) is 17.0 Å². The van der Waals surface area contributed by atoms with Crippen molar-refractivity contribution in [2.45, 2.75) is 6.92 Å². The van der Waals surface area contributed by atoms with Gasteiger partial charge in [-0.05, 0) is 24.6 Å². The number of hydrogen-bond donors (Lipinski definition) is 1. The average Bonchev–Trinajstić information content (AvgIpc) is 2.47. The Kier molecular flexibility index (Phi) is 1.89. The van der Waals surface area contributed by atoms with E-state index in [0.717, 1.165) is 21.6 Å². The van der Waals surface area contributed by atoms with Gasteiger partial charge >= 0.3 is 5.00 Å². The number of phenols is 1. The average molecular weight is 209 g/mol. The van der Waals surface area contributed by atoms with Crippen LogP contribution in [0.5, 0.6) is 5.75 Å². The summed E-state index contributed by atoms with van der Waals surface area (Å²) in [6.07, 6.45) is 0. The van der Waals surface area contributed by atoms with Crippen molar-refractivity contribution in [3.05, 3.63) is 33.9 Å². The van der Waals surface area contributed by atoms with Crippen LogP contribution < -0.4 is 0 Å². The molecule has 0 radical (unpaired) electrons. The molecule has 0 bridgehead atoms. The number of fused-ring (bicyclic) bond motifs is 1. The molecule has 5 heteroatoms. The number of aryl methyl sites for hydroxylation is 1. The van der Waals surface area contributed by atoms with E-state index in [2.05, 4.69) is 0 Å². The minimum absolute atomic E-state index is 0.0564. The summed E-state index contributed by atoms with van der Waals surface area (Å²) >= 11 is 1.07. The van der Waals surface area contributed by atoms with E-state index in [9.17, 15) is 15.2 Å². The number of hydrogen-bond acceptors (Lipinski definition) is 4. The van der Waals surface area contributed by atoms with Gasteiger partial charge < -0.3 is 5.11 Å². The molecule has 2 rings (SSSR count). The zero-order chi connectivity index (χ0) is 10.3. The number of benzene rings is 1. The molecule has 0 aliphatic rings. The van der Waals surface area contributed by atoms with Crippen LogP contribution in [-0.4, -0.2) is 10.0 Å². The second-order valence-electron chi connectivity index (χ2n) is 3.04. The van der Waals surface area contributed by atoms with Crippen molar-refractivity contribution in [1.29, 1.82) is 0 Å². The highest BCUT2D eigenvalue weighted by Gasteiger charge is 2.13. The highest BCUT2D eigenvalue weighted by molar-refractivity contribution is 7.22. The Hall–Kier alpha value is -1.62. The van der Waals surface area contributed by atoms with Gasteiger partial charge in [0.05, 0.1) is 4.92 Å². The first kappa shape index (κ1) is 8.96. The van der Waals surface area contributed by atoms with E-state index in [0.29, 0.717) is 5.39 Å². The molecule has 1 aromatic carbocycles. The van der Waals surface area contributed by atoms with Crippen molar-refractivity contribution in [1.82, 2.24) is 0 Å². The molecule has 4 nitrogen and oxygen atoms in total. The van der Waals surface area contributed by atoms with Crippen LogP contribution >= 0.6 is 11.3 Å². The van der Waals surface area contributed by atoms with Crippen molar-refractivity contribution >= 4 is 26.4 Å². The number of phenolic OH excluding ortho intramolecular Hbond substituents is 1. The summed E-state index contributed by atoms with van der Waals surface area (Å²) in [7, 11) is 0. The van der Waals surface area contributed by atoms with Gasteiger partial charge in [0.15, 0.2) is 0 Å². The highest BCUT2D eigenvalue weighted by Crippen LogP contribution is 2.36. The van der Waals surface area contributed by atoms with Gasteiger partial charge in [0.25, 0.3) is 0 Å². The first-order chi connectivity index (χ1) is 6.58. The lowest BCUT2D eigenvalue weighted by Crippen LogP contribution is -1.80. The molecule has 0 saturated heterocycles. The van der Waals surface area contributed by atoms with Crippen LogP contribution in [0.4, 0.5) is 5.00 Å². The van der Waals surface area contributed by atoms with Gasteiger partial charge in [0.2, 0.25) is 0 Å². The number of nitro groups is 1. The van der Waals surface area contributed by atoms with Crippen molar-refractivity contribution < 1.29 is 10.0 Å². The van der Waals surface area contributed by atoms with Gasteiger partial charge in [-0.15, -0.1) is 0 Å². The zero-order valence-corrected chi connectivity index (χ0v) is 8.17. The van der Waals surface area contributed by atoms with Crippen LogP contribution in [0.15, 0.2) is 18.2 Å². The van der Waals surface area contributed by atoms with Crippen molar-refractivity contribution in [2.24, 2.45) is 0 Å². The summed E-state index contributed by atoms with van der Waals surface area (Å²) in [4.78, 5) is 10.1. The van der Waals surface area contributed by atoms with Crippen molar-refractivity contribution in [3.63, 3.8) is 0 Å². The monoisotopic (exact) mass is 209 g/mol. The molecule has 0 saturated carbocycles. The maximum atomic E-state index is 10.5. The van der Waals surface area contributed by atoms with E-state index in [1.165, 1.54) is 6.07 Å². The smallest absolute Gasteiger partial charge is 0.325 e. The number of nitrogens with zero attached hydrogens (tertiary/aromatic N) is 1. The Balaban J connectivity index is 2.76. The fourth-order valence-corrected chi connectivity index (χ4v) is 2.33. The molecular weight excluding hydrogens is 202 g/mol. The molecule has 1 aromatic heterocycles. The van der Waals surface area contributed by atoms with Gasteiger partial charge in [-0.1, -0.05) is 11.3 Å². The predicted octanol–water partition coefficient (Wildman–Crippen LogP) is 2.82. The molecule has 1 heterocycles. The molecule has 72 valence electrons. The SMILES string of the molecule is Cc1cc(O)c2cc([N+](=O)[O-])sc2c1. The van der Waals surface area contributed by atoms with E-state index >= 15 is 0 Å². The largest absolute Gasteiger partial charge is 0.507 e. The van der Waals surface area contributed by atoms with E-state index in [1.807, 2.05) is 13.0 Å². The van der Waals surface area contributed by atoms with Crippen LogP contribution in [0.25, 0.3) is 10.1 Å². The van der Waals surface area contributed by atoms with Gasteiger partial charge in [0.1, 0.15) is 5.75 Å². The lowest BCUT2D eigenvalue weighted by atomic mass is 10.2. The molecular formula is C9H7NO3S. The standard InChI is InChI=1S/C9H7NO3S/c1-5-2-7(11)6-4-9(10(12)13)14-8(6)3-5/h2-4,11H,1H3. The Labute approximate surface area is 83.6 Å². The lowest BCUT2D eigenvalue weighted by molar-refractivity contribution is -0.380. The summed E-state index contributed by atoms with van der Waals surface area (Å²) < 4.78 is 0.745. The van der Waals surface area contributed by atoms with Gasteiger partial charge in [0, 0.05) is 16.2 Å². The minimum atomic E-state index is -0.445. The molecule has 2 aromatic rings. The molecule has 0 atom stereocenters. The van der Waals surface area contributed by atoms with Gasteiger partial charge in [-0.25, -0.2) is 0 Å². The number of rotatable bonds is 1. The molecule has 0 aliphatic carbocycles. The van der Waals surface area contributed by atoms with E-state index < -0.39 is 4.92 Å². The van der Waals surface area contributed by atoms with Gasteiger partial charge in [-0.2, -0.15) is 0 Å². The first-order valence-corrected chi connectivity index (χ1v) is 4.77. The van der Waals surface area contributed by atoms with Crippen molar-refractivity contribution in [3.8, 4) is 5.75 Å². The predicted molar refractivity (Wildman–Crippen MR) is 54.9 cm³/mol. The fourth-order valence-electron chi connectivity index (χ4n) is 1.33. The molecule has 0 spiro atoms. The van der Waals surface area contributed by atoms with Crippen LogP contribution in [-0.2, 0) is 0 Å². The maximum absolute atomic E-state index is 10.5. The minimum Gasteiger partial charge on any atom is -0.507 e. The normalized spacial score (nSPS) is 10.6. The Morgan fingerprint density at radius 3 is 2.79 bits per heavy atom. The Morgan fingerprint density at radius 2 is 2.14 bits per heavy atom.